The smallest absolute Gasteiger partial charge is 0.230 e. The molecule has 0 aliphatic carbocycles. The predicted octanol–water partition coefficient (Wildman–Crippen LogP) is 3.51. The minimum atomic E-state index is 0.0342. The second kappa shape index (κ2) is 7.62. The maximum atomic E-state index is 13.1. The van der Waals surface area contributed by atoms with Gasteiger partial charge in [0.25, 0.3) is 0 Å². The summed E-state index contributed by atoms with van der Waals surface area (Å²) in [6.45, 7) is 2.19. The highest BCUT2D eigenvalue weighted by atomic mass is 32.1. The first kappa shape index (κ1) is 17.3. The third-order valence-corrected chi connectivity index (χ3v) is 6.36. The number of amides is 2. The number of aryl methyl sites for hydroxylation is 1. The van der Waals surface area contributed by atoms with E-state index in [1.807, 2.05) is 39.4 Å². The van der Waals surface area contributed by atoms with Crippen LogP contribution in [0.1, 0.15) is 29.7 Å². The second-order valence-electron chi connectivity index (χ2n) is 7.13. The molecule has 1 fully saturated rings. The van der Waals surface area contributed by atoms with Crippen LogP contribution in [0.5, 0.6) is 0 Å². The number of thiophene rings is 1. The van der Waals surface area contributed by atoms with Gasteiger partial charge in [-0.05, 0) is 48.8 Å². The van der Waals surface area contributed by atoms with E-state index < -0.39 is 0 Å². The van der Waals surface area contributed by atoms with E-state index >= 15 is 0 Å². The maximum Gasteiger partial charge on any atom is 0.230 e. The summed E-state index contributed by atoms with van der Waals surface area (Å²) in [5.41, 5.74) is 2.36. The van der Waals surface area contributed by atoms with Gasteiger partial charge in [-0.2, -0.15) is 0 Å². The Morgan fingerprint density at radius 3 is 2.62 bits per heavy atom. The average Bonchev–Trinajstić information content (AvgIpc) is 3.20. The first-order valence-electron chi connectivity index (χ1n) is 9.42. The molecule has 5 heteroatoms. The Hall–Kier alpha value is -2.14. The zero-order valence-electron chi connectivity index (χ0n) is 14.9. The van der Waals surface area contributed by atoms with Crippen LogP contribution in [0.15, 0.2) is 41.8 Å². The Kier molecular flexibility index (Phi) is 5.07. The fourth-order valence-corrected chi connectivity index (χ4v) is 4.73. The molecule has 3 heterocycles. The standard InChI is InChI=1S/C21H24N2O2S/c24-20(15-18-7-4-14-26-18)22-12-9-17(10-13-22)21(25)23-11-3-6-16-5-1-2-8-19(16)23/h1-2,4-5,7-8,14,17H,3,6,9-13,15H2. The number of carbonyl (C=O) groups is 2. The molecule has 2 aliphatic heterocycles. The molecule has 0 bridgehead atoms. The minimum Gasteiger partial charge on any atom is -0.342 e. The summed E-state index contributed by atoms with van der Waals surface area (Å²) in [5, 5.41) is 2.00. The van der Waals surface area contributed by atoms with E-state index in [-0.39, 0.29) is 17.7 Å². The third-order valence-electron chi connectivity index (χ3n) is 5.48. The number of anilines is 1. The highest BCUT2D eigenvalue weighted by molar-refractivity contribution is 7.10. The summed E-state index contributed by atoms with van der Waals surface area (Å²) in [6.07, 6.45) is 4.10. The lowest BCUT2D eigenvalue weighted by Crippen LogP contribution is -2.46. The number of rotatable bonds is 3. The van der Waals surface area contributed by atoms with Crippen molar-refractivity contribution in [2.75, 3.05) is 24.5 Å². The quantitative estimate of drug-likeness (QED) is 0.832. The van der Waals surface area contributed by atoms with E-state index in [9.17, 15) is 9.59 Å². The predicted molar refractivity (Wildman–Crippen MR) is 104 cm³/mol. The fraction of sp³-hybridized carbons (Fsp3) is 0.429. The van der Waals surface area contributed by atoms with E-state index in [0.29, 0.717) is 19.5 Å². The van der Waals surface area contributed by atoms with Crippen LogP contribution in [0.25, 0.3) is 0 Å². The molecule has 0 unspecified atom stereocenters. The van der Waals surface area contributed by atoms with Crippen LogP contribution in [0.2, 0.25) is 0 Å². The van der Waals surface area contributed by atoms with E-state index in [4.69, 9.17) is 0 Å². The van der Waals surface area contributed by atoms with Crippen molar-refractivity contribution < 1.29 is 9.59 Å². The van der Waals surface area contributed by atoms with Gasteiger partial charge in [0.15, 0.2) is 0 Å². The molecule has 0 N–H and O–H groups in total. The van der Waals surface area contributed by atoms with Crippen LogP contribution in [0.3, 0.4) is 0 Å². The van der Waals surface area contributed by atoms with Gasteiger partial charge in [0.1, 0.15) is 0 Å². The summed E-state index contributed by atoms with van der Waals surface area (Å²) in [6, 6.07) is 12.2. The monoisotopic (exact) mass is 368 g/mol. The third kappa shape index (κ3) is 3.54. The van der Waals surface area contributed by atoms with Gasteiger partial charge in [-0.3, -0.25) is 9.59 Å². The molecular weight excluding hydrogens is 344 g/mol. The molecule has 26 heavy (non-hydrogen) atoms. The molecule has 1 aromatic heterocycles. The Labute approximate surface area is 158 Å². The number of hydrogen-bond acceptors (Lipinski definition) is 3. The molecule has 0 radical (unpaired) electrons. The summed E-state index contributed by atoms with van der Waals surface area (Å²) in [5.74, 6) is 0.455. The van der Waals surface area contributed by atoms with Crippen molar-refractivity contribution in [3.05, 3.63) is 52.2 Å². The van der Waals surface area contributed by atoms with E-state index in [1.54, 1.807) is 11.3 Å². The summed E-state index contributed by atoms with van der Waals surface area (Å²) >= 11 is 1.62. The Balaban J connectivity index is 1.36. The van der Waals surface area contributed by atoms with Crippen molar-refractivity contribution in [3.8, 4) is 0 Å². The van der Waals surface area contributed by atoms with Gasteiger partial charge in [0, 0.05) is 36.1 Å². The molecule has 1 aromatic carbocycles. The van der Waals surface area contributed by atoms with Crippen LogP contribution < -0.4 is 4.90 Å². The van der Waals surface area contributed by atoms with Crippen molar-refractivity contribution in [2.24, 2.45) is 5.92 Å². The van der Waals surface area contributed by atoms with E-state index in [2.05, 4.69) is 12.1 Å². The Morgan fingerprint density at radius 2 is 1.85 bits per heavy atom. The molecule has 0 spiro atoms. The molecule has 0 saturated carbocycles. The molecule has 2 aliphatic rings. The second-order valence-corrected chi connectivity index (χ2v) is 8.17. The van der Waals surface area contributed by atoms with Crippen LogP contribution >= 0.6 is 11.3 Å². The van der Waals surface area contributed by atoms with Crippen LogP contribution in [0.4, 0.5) is 5.69 Å². The number of carbonyl (C=O) groups excluding carboxylic acids is 2. The SMILES string of the molecule is O=C(Cc1cccs1)N1CCC(C(=O)N2CCCc3ccccc32)CC1. The summed E-state index contributed by atoms with van der Waals surface area (Å²) < 4.78 is 0. The van der Waals surface area contributed by atoms with Crippen molar-refractivity contribution >= 4 is 28.8 Å². The number of piperidine rings is 1. The van der Waals surface area contributed by atoms with Crippen molar-refractivity contribution in [1.29, 1.82) is 0 Å². The van der Waals surface area contributed by atoms with Gasteiger partial charge in [0.05, 0.1) is 6.42 Å². The minimum absolute atomic E-state index is 0.0342. The van der Waals surface area contributed by atoms with Gasteiger partial charge < -0.3 is 9.80 Å². The number of nitrogens with zero attached hydrogens (tertiary/aromatic N) is 2. The molecule has 4 nitrogen and oxygen atoms in total. The number of benzene rings is 1. The normalized spacial score (nSPS) is 17.8. The highest BCUT2D eigenvalue weighted by Gasteiger charge is 2.32. The number of hydrogen-bond donors (Lipinski definition) is 0. The largest absolute Gasteiger partial charge is 0.342 e. The zero-order valence-corrected chi connectivity index (χ0v) is 15.7. The Morgan fingerprint density at radius 1 is 1.04 bits per heavy atom. The van der Waals surface area contributed by atoms with Gasteiger partial charge in [0.2, 0.25) is 11.8 Å². The number of likely N-dealkylation sites (tertiary alicyclic amines) is 1. The molecule has 136 valence electrons. The van der Waals surface area contributed by atoms with E-state index in [1.165, 1.54) is 5.56 Å². The zero-order chi connectivity index (χ0) is 17.9. The summed E-state index contributed by atoms with van der Waals surface area (Å²) in [7, 11) is 0. The molecular formula is C21H24N2O2S. The van der Waals surface area contributed by atoms with Gasteiger partial charge >= 0.3 is 0 Å². The molecule has 2 aromatic rings. The lowest BCUT2D eigenvalue weighted by atomic mass is 9.93. The topological polar surface area (TPSA) is 40.6 Å². The van der Waals surface area contributed by atoms with Crippen LogP contribution in [-0.2, 0) is 22.4 Å². The fourth-order valence-electron chi connectivity index (χ4n) is 4.03. The van der Waals surface area contributed by atoms with Crippen molar-refractivity contribution in [2.45, 2.75) is 32.1 Å². The lowest BCUT2D eigenvalue weighted by molar-refractivity contribution is -0.134. The molecule has 1 saturated heterocycles. The molecule has 0 atom stereocenters. The number of para-hydroxylation sites is 1. The van der Waals surface area contributed by atoms with E-state index in [0.717, 1.165) is 42.8 Å². The first-order chi connectivity index (χ1) is 12.7. The van der Waals surface area contributed by atoms with Crippen LogP contribution in [-0.4, -0.2) is 36.3 Å². The van der Waals surface area contributed by atoms with Gasteiger partial charge in [-0.25, -0.2) is 0 Å². The molecule has 2 amide bonds. The van der Waals surface area contributed by atoms with Crippen LogP contribution in [0, 0.1) is 5.92 Å². The summed E-state index contributed by atoms with van der Waals surface area (Å²) in [4.78, 5) is 30.5. The van der Waals surface area contributed by atoms with Gasteiger partial charge in [-0.1, -0.05) is 24.3 Å². The Bertz CT molecular complexity index is 779. The van der Waals surface area contributed by atoms with Gasteiger partial charge in [-0.15, -0.1) is 11.3 Å². The van der Waals surface area contributed by atoms with Crippen molar-refractivity contribution in [1.82, 2.24) is 4.90 Å². The highest BCUT2D eigenvalue weighted by Crippen LogP contribution is 2.30. The molecule has 4 rings (SSSR count). The van der Waals surface area contributed by atoms with Crippen molar-refractivity contribution in [3.63, 3.8) is 0 Å². The first-order valence-corrected chi connectivity index (χ1v) is 10.3. The lowest BCUT2D eigenvalue weighted by Gasteiger charge is -2.36. The maximum absolute atomic E-state index is 13.1. The number of fused-ring (bicyclic) bond motifs is 1. The average molecular weight is 369 g/mol.